The molecule has 0 bridgehead atoms. The van der Waals surface area contributed by atoms with Gasteiger partial charge < -0.3 is 29.9 Å². The van der Waals surface area contributed by atoms with Gasteiger partial charge in [-0.15, -0.1) is 0 Å². The molecule has 0 atom stereocenters. The SMILES string of the molecule is C=CC(=O)Nc1cc(Nc2nccc(-c3ccc(Oc4ccc(C)nc4)cc3)n2)c(OC)cc1N(C)CCN(C)C. The average molecular weight is 554 g/mol. The molecule has 4 aromatic rings. The number of methoxy groups -OCH3 is 1. The van der Waals surface area contributed by atoms with E-state index in [0.29, 0.717) is 34.6 Å². The number of hydrogen-bond acceptors (Lipinski definition) is 9. The van der Waals surface area contributed by atoms with Crippen molar-refractivity contribution in [2.24, 2.45) is 0 Å². The maximum Gasteiger partial charge on any atom is 0.247 e. The van der Waals surface area contributed by atoms with Crippen LogP contribution in [0, 0.1) is 6.92 Å². The van der Waals surface area contributed by atoms with Crippen LogP contribution in [0.3, 0.4) is 0 Å². The zero-order chi connectivity index (χ0) is 29.4. The van der Waals surface area contributed by atoms with Gasteiger partial charge >= 0.3 is 0 Å². The number of aryl methyl sites for hydroxylation is 1. The van der Waals surface area contributed by atoms with E-state index in [4.69, 9.17) is 14.5 Å². The predicted octanol–water partition coefficient (Wildman–Crippen LogP) is 5.51. The van der Waals surface area contributed by atoms with Crippen molar-refractivity contribution in [3.63, 3.8) is 0 Å². The van der Waals surface area contributed by atoms with Gasteiger partial charge in [0.05, 0.1) is 36.1 Å². The van der Waals surface area contributed by atoms with Gasteiger partial charge in [-0.3, -0.25) is 9.78 Å². The molecule has 2 heterocycles. The van der Waals surface area contributed by atoms with Crippen molar-refractivity contribution in [2.75, 3.05) is 56.9 Å². The fraction of sp³-hybridized carbons (Fsp3) is 0.226. The molecule has 2 aromatic carbocycles. The fourth-order valence-corrected chi connectivity index (χ4v) is 3.95. The Kier molecular flexibility index (Phi) is 9.49. The minimum atomic E-state index is -0.312. The normalized spacial score (nSPS) is 10.7. The zero-order valence-corrected chi connectivity index (χ0v) is 24.0. The number of nitrogens with one attached hydrogen (secondary N) is 2. The first-order chi connectivity index (χ1) is 19.7. The second-order valence-corrected chi connectivity index (χ2v) is 9.64. The standard InChI is InChI=1S/C31H35N7O3/c1-7-30(39)34-26-18-27(29(40-6)19-28(26)38(5)17-16-37(3)4)36-31-32-15-14-25(35-31)22-9-12-23(13-10-22)41-24-11-8-21(2)33-20-24/h7-15,18-20H,1,16-17H2,2-6H3,(H,34,39)(H,32,35,36). The van der Waals surface area contributed by atoms with Gasteiger partial charge in [-0.1, -0.05) is 6.58 Å². The first-order valence-electron chi connectivity index (χ1n) is 13.1. The number of likely N-dealkylation sites (N-methyl/N-ethyl adjacent to an activating group) is 2. The molecule has 0 saturated heterocycles. The third kappa shape index (κ3) is 7.80. The summed E-state index contributed by atoms with van der Waals surface area (Å²) in [6, 6.07) is 16.9. The molecular formula is C31H35N7O3. The maximum absolute atomic E-state index is 12.2. The molecule has 0 aliphatic carbocycles. The number of pyridine rings is 1. The predicted molar refractivity (Wildman–Crippen MR) is 163 cm³/mol. The zero-order valence-electron chi connectivity index (χ0n) is 24.0. The molecule has 1 amide bonds. The van der Waals surface area contributed by atoms with Crippen molar-refractivity contribution in [3.8, 4) is 28.5 Å². The van der Waals surface area contributed by atoms with Crippen molar-refractivity contribution in [1.82, 2.24) is 19.9 Å². The van der Waals surface area contributed by atoms with E-state index in [0.717, 1.165) is 35.7 Å². The summed E-state index contributed by atoms with van der Waals surface area (Å²) in [5.41, 5.74) is 4.57. The highest BCUT2D eigenvalue weighted by atomic mass is 16.5. The van der Waals surface area contributed by atoms with Crippen molar-refractivity contribution >= 4 is 28.9 Å². The Morgan fingerprint density at radius 2 is 1.73 bits per heavy atom. The second-order valence-electron chi connectivity index (χ2n) is 9.64. The Morgan fingerprint density at radius 1 is 0.976 bits per heavy atom. The second kappa shape index (κ2) is 13.4. The van der Waals surface area contributed by atoms with E-state index in [9.17, 15) is 4.79 Å². The summed E-state index contributed by atoms with van der Waals surface area (Å²) in [6.45, 7) is 7.09. The van der Waals surface area contributed by atoms with Crippen LogP contribution in [0.25, 0.3) is 11.3 Å². The van der Waals surface area contributed by atoms with E-state index in [2.05, 4.69) is 37.0 Å². The molecule has 0 unspecified atom stereocenters. The highest BCUT2D eigenvalue weighted by Gasteiger charge is 2.17. The van der Waals surface area contributed by atoms with Gasteiger partial charge in [-0.2, -0.15) is 0 Å². The van der Waals surface area contributed by atoms with E-state index in [1.807, 2.05) is 82.7 Å². The van der Waals surface area contributed by atoms with Gasteiger partial charge in [0.15, 0.2) is 0 Å². The lowest BCUT2D eigenvalue weighted by Gasteiger charge is -2.26. The van der Waals surface area contributed by atoms with Gasteiger partial charge in [0, 0.05) is 43.7 Å². The minimum absolute atomic E-state index is 0.312. The summed E-state index contributed by atoms with van der Waals surface area (Å²) in [5, 5.41) is 6.15. The highest BCUT2D eigenvalue weighted by molar-refractivity contribution is 6.02. The summed E-state index contributed by atoms with van der Waals surface area (Å²) < 4.78 is 11.6. The van der Waals surface area contributed by atoms with Crippen molar-refractivity contribution < 1.29 is 14.3 Å². The largest absolute Gasteiger partial charge is 0.494 e. The lowest BCUT2D eigenvalue weighted by molar-refractivity contribution is -0.111. The van der Waals surface area contributed by atoms with Crippen molar-refractivity contribution in [1.29, 1.82) is 0 Å². The molecule has 0 saturated carbocycles. The molecule has 0 aliphatic rings. The van der Waals surface area contributed by atoms with Gasteiger partial charge in [0.2, 0.25) is 11.9 Å². The van der Waals surface area contributed by atoms with E-state index in [1.165, 1.54) is 6.08 Å². The number of carbonyl (C=O) groups excluding carboxylic acids is 1. The van der Waals surface area contributed by atoms with Crippen LogP contribution >= 0.6 is 0 Å². The lowest BCUT2D eigenvalue weighted by atomic mass is 10.1. The van der Waals surface area contributed by atoms with Crippen LogP contribution in [0.4, 0.5) is 23.0 Å². The number of aromatic nitrogens is 3. The van der Waals surface area contributed by atoms with Crippen molar-refractivity contribution in [2.45, 2.75) is 6.92 Å². The first-order valence-corrected chi connectivity index (χ1v) is 13.1. The topological polar surface area (TPSA) is 105 Å². The number of carbonyl (C=O) groups is 1. The van der Waals surface area contributed by atoms with Crippen LogP contribution in [-0.4, -0.2) is 67.1 Å². The van der Waals surface area contributed by atoms with Gasteiger partial charge in [-0.05, 0) is 75.6 Å². The molecule has 0 aliphatic heterocycles. The highest BCUT2D eigenvalue weighted by Crippen LogP contribution is 2.38. The third-order valence-corrected chi connectivity index (χ3v) is 6.23. The van der Waals surface area contributed by atoms with Gasteiger partial charge in [0.25, 0.3) is 0 Å². The number of anilines is 4. The number of amides is 1. The molecule has 4 rings (SSSR count). The quantitative estimate of drug-likeness (QED) is 0.220. The molecule has 2 N–H and O–H groups in total. The molecule has 10 nitrogen and oxygen atoms in total. The summed E-state index contributed by atoms with van der Waals surface area (Å²) in [4.78, 5) is 29.8. The molecular weight excluding hydrogens is 518 g/mol. The maximum atomic E-state index is 12.2. The molecule has 2 aromatic heterocycles. The van der Waals surface area contributed by atoms with Crippen LogP contribution < -0.4 is 25.0 Å². The molecule has 0 fully saturated rings. The van der Waals surface area contributed by atoms with E-state index in [-0.39, 0.29) is 5.91 Å². The average Bonchev–Trinajstić information content (AvgIpc) is 2.97. The Hall–Kier alpha value is -4.96. The Balaban J connectivity index is 1.57. The summed E-state index contributed by atoms with van der Waals surface area (Å²) >= 11 is 0. The van der Waals surface area contributed by atoms with Crippen LogP contribution in [0.5, 0.6) is 17.2 Å². The number of benzene rings is 2. The molecule has 41 heavy (non-hydrogen) atoms. The summed E-state index contributed by atoms with van der Waals surface area (Å²) in [7, 11) is 7.59. The Labute approximate surface area is 240 Å². The number of rotatable bonds is 12. The van der Waals surface area contributed by atoms with Crippen LogP contribution in [0.15, 0.2) is 79.6 Å². The van der Waals surface area contributed by atoms with Crippen molar-refractivity contribution in [3.05, 3.63) is 85.3 Å². The van der Waals surface area contributed by atoms with Crippen LogP contribution in [0.2, 0.25) is 0 Å². The first kappa shape index (κ1) is 29.0. The minimum Gasteiger partial charge on any atom is -0.494 e. The molecule has 10 heteroatoms. The van der Waals surface area contributed by atoms with Gasteiger partial charge in [0.1, 0.15) is 17.2 Å². The van der Waals surface area contributed by atoms with E-state index >= 15 is 0 Å². The van der Waals surface area contributed by atoms with Crippen LogP contribution in [0.1, 0.15) is 5.69 Å². The van der Waals surface area contributed by atoms with Crippen LogP contribution in [-0.2, 0) is 4.79 Å². The lowest BCUT2D eigenvalue weighted by Crippen LogP contribution is -2.29. The van der Waals surface area contributed by atoms with E-state index < -0.39 is 0 Å². The fourth-order valence-electron chi connectivity index (χ4n) is 3.95. The van der Waals surface area contributed by atoms with Gasteiger partial charge in [-0.25, -0.2) is 9.97 Å². The molecule has 0 radical (unpaired) electrons. The Morgan fingerprint density at radius 3 is 2.39 bits per heavy atom. The van der Waals surface area contributed by atoms with E-state index in [1.54, 1.807) is 19.5 Å². The third-order valence-electron chi connectivity index (χ3n) is 6.23. The Bertz CT molecular complexity index is 1490. The number of nitrogens with zero attached hydrogens (tertiary/aromatic N) is 5. The number of ether oxygens (including phenoxy) is 2. The molecule has 0 spiro atoms. The summed E-state index contributed by atoms with van der Waals surface area (Å²) in [5.74, 6) is 2.01. The smallest absolute Gasteiger partial charge is 0.247 e. The monoisotopic (exact) mass is 553 g/mol. The summed E-state index contributed by atoms with van der Waals surface area (Å²) in [6.07, 6.45) is 4.62. The molecule has 212 valence electrons. The number of hydrogen-bond donors (Lipinski definition) is 2.